The van der Waals surface area contributed by atoms with E-state index in [0.717, 1.165) is 25.1 Å². The van der Waals surface area contributed by atoms with Crippen LogP contribution < -0.4 is 0 Å². The Morgan fingerprint density at radius 1 is 0.389 bits per heavy atom. The molecular weight excluding hydrogens is 491 g/mol. The lowest BCUT2D eigenvalue weighted by molar-refractivity contribution is 0.193. The third kappa shape index (κ3) is 34.4. The van der Waals surface area contributed by atoms with E-state index in [1.807, 2.05) is 0 Å². The van der Waals surface area contributed by atoms with E-state index in [0.29, 0.717) is 0 Å². The normalized spacial score (nSPS) is 12.0. The molecule has 0 spiro atoms. The molecule has 0 unspecified atom stereocenters. The van der Waals surface area contributed by atoms with Crippen LogP contribution in [0.2, 0.25) is 0 Å². The van der Waals surface area contributed by atoms with Gasteiger partial charge in [0.05, 0.1) is 6.61 Å². The maximum absolute atomic E-state index is 10.6. The van der Waals surface area contributed by atoms with E-state index >= 15 is 0 Å². The van der Waals surface area contributed by atoms with Gasteiger partial charge in [-0.25, -0.2) is 4.57 Å². The molecule has 4 nitrogen and oxygen atoms in total. The number of rotatable bonds is 31. The van der Waals surface area contributed by atoms with Crippen LogP contribution in [0.3, 0.4) is 0 Å². The molecule has 0 bridgehead atoms. The Hall–Kier alpha value is 0.400. The average Bonchev–Trinajstić information content (AvgIpc) is 2.84. The van der Waals surface area contributed by atoms with E-state index in [4.69, 9.17) is 21.4 Å². The Kier molecular flexibility index (Phi) is 30.3. The summed E-state index contributed by atoms with van der Waals surface area (Å²) in [4.78, 5) is 17.2. The van der Waals surface area contributed by atoms with Gasteiger partial charge in [-0.05, 0) is 12.8 Å². The lowest BCUT2D eigenvalue weighted by Crippen LogP contribution is -1.92. The summed E-state index contributed by atoms with van der Waals surface area (Å²) in [6.45, 7) is 0.168. The molecule has 0 aliphatic heterocycles. The van der Waals surface area contributed by atoms with Gasteiger partial charge in [-0.1, -0.05) is 167 Å². The van der Waals surface area contributed by atoms with Crippen molar-refractivity contribution in [3.63, 3.8) is 0 Å². The van der Waals surface area contributed by atoms with Crippen LogP contribution in [0.15, 0.2) is 0 Å². The Balaban J connectivity index is 3.04. The Morgan fingerprint density at radius 3 is 0.778 bits per heavy atom. The van der Waals surface area contributed by atoms with Gasteiger partial charge in [0.25, 0.3) is 0 Å². The SMILES string of the molecule is O=P(O)(O)OCCCCCCCCCCCCCCCCCCCCCCCCCCCCCCCl. The topological polar surface area (TPSA) is 66.8 Å². The van der Waals surface area contributed by atoms with Crippen molar-refractivity contribution in [3.8, 4) is 0 Å². The quantitative estimate of drug-likeness (QED) is 0.0509. The molecule has 0 amide bonds. The van der Waals surface area contributed by atoms with Crippen molar-refractivity contribution in [2.45, 2.75) is 180 Å². The summed E-state index contributed by atoms with van der Waals surface area (Å²) >= 11 is 5.71. The lowest BCUT2D eigenvalue weighted by atomic mass is 10.0. The molecule has 0 fully saturated rings. The Labute approximate surface area is 230 Å². The molecule has 2 N–H and O–H groups in total. The molecular formula is C30H62ClO4P. The fraction of sp³-hybridized carbons (Fsp3) is 1.00. The van der Waals surface area contributed by atoms with Crippen molar-refractivity contribution in [2.24, 2.45) is 0 Å². The third-order valence-corrected chi connectivity index (χ3v) is 8.07. The second kappa shape index (κ2) is 29.9. The van der Waals surface area contributed by atoms with E-state index in [1.165, 1.54) is 161 Å². The second-order valence-corrected chi connectivity index (χ2v) is 12.5. The van der Waals surface area contributed by atoms with Crippen LogP contribution in [0.1, 0.15) is 180 Å². The number of hydrogen-bond acceptors (Lipinski definition) is 2. The van der Waals surface area contributed by atoms with Crippen molar-refractivity contribution >= 4 is 19.4 Å². The first-order valence-corrected chi connectivity index (χ1v) is 17.9. The van der Waals surface area contributed by atoms with Gasteiger partial charge < -0.3 is 9.79 Å². The monoisotopic (exact) mass is 552 g/mol. The van der Waals surface area contributed by atoms with Gasteiger partial charge >= 0.3 is 7.82 Å². The van der Waals surface area contributed by atoms with Crippen LogP contribution in [0.25, 0.3) is 0 Å². The summed E-state index contributed by atoms with van der Waals surface area (Å²) in [6, 6.07) is 0. The summed E-state index contributed by atoms with van der Waals surface area (Å²) in [5, 5.41) is 0. The zero-order chi connectivity index (χ0) is 26.4. The molecule has 6 heteroatoms. The van der Waals surface area contributed by atoms with Crippen molar-refractivity contribution in [3.05, 3.63) is 0 Å². The van der Waals surface area contributed by atoms with Gasteiger partial charge in [-0.3, -0.25) is 4.52 Å². The summed E-state index contributed by atoms with van der Waals surface area (Å²) in [7, 11) is -4.27. The first-order valence-electron chi connectivity index (χ1n) is 15.8. The Bertz CT molecular complexity index is 458. The Morgan fingerprint density at radius 2 is 0.583 bits per heavy atom. The van der Waals surface area contributed by atoms with Gasteiger partial charge in [0.2, 0.25) is 0 Å². The molecule has 0 aliphatic rings. The minimum Gasteiger partial charge on any atom is -0.303 e. The number of hydrogen-bond donors (Lipinski definition) is 2. The largest absolute Gasteiger partial charge is 0.469 e. The van der Waals surface area contributed by atoms with E-state index < -0.39 is 7.82 Å². The summed E-state index contributed by atoms with van der Waals surface area (Å²) < 4.78 is 15.0. The minimum absolute atomic E-state index is 0.168. The predicted molar refractivity (Wildman–Crippen MR) is 158 cm³/mol. The molecule has 0 saturated carbocycles. The number of phosphoric acid groups is 1. The van der Waals surface area contributed by atoms with Gasteiger partial charge in [0.15, 0.2) is 0 Å². The van der Waals surface area contributed by atoms with E-state index in [9.17, 15) is 4.57 Å². The molecule has 0 aromatic rings. The molecule has 0 rings (SSSR count). The van der Waals surface area contributed by atoms with E-state index in [-0.39, 0.29) is 6.61 Å². The summed E-state index contributed by atoms with van der Waals surface area (Å²) in [5.74, 6) is 0.833. The first-order chi connectivity index (χ1) is 17.6. The highest BCUT2D eigenvalue weighted by Gasteiger charge is 2.12. The fourth-order valence-electron chi connectivity index (χ4n) is 4.98. The van der Waals surface area contributed by atoms with Gasteiger partial charge in [-0.2, -0.15) is 0 Å². The highest BCUT2D eigenvalue weighted by atomic mass is 35.5. The molecule has 0 atom stereocenters. The minimum atomic E-state index is -4.27. The van der Waals surface area contributed by atoms with Crippen LogP contribution in [0.5, 0.6) is 0 Å². The molecule has 36 heavy (non-hydrogen) atoms. The highest BCUT2D eigenvalue weighted by molar-refractivity contribution is 7.46. The van der Waals surface area contributed by atoms with Crippen molar-refractivity contribution in [2.75, 3.05) is 12.5 Å². The predicted octanol–water partition coefficient (Wildman–Crippen LogP) is 11.3. The van der Waals surface area contributed by atoms with Crippen LogP contribution in [0.4, 0.5) is 0 Å². The number of halogens is 1. The van der Waals surface area contributed by atoms with Crippen molar-refractivity contribution < 1.29 is 18.9 Å². The van der Waals surface area contributed by atoms with E-state index in [1.54, 1.807) is 0 Å². The highest BCUT2D eigenvalue weighted by Crippen LogP contribution is 2.35. The molecule has 218 valence electrons. The van der Waals surface area contributed by atoms with Crippen LogP contribution in [-0.4, -0.2) is 22.3 Å². The van der Waals surface area contributed by atoms with Crippen LogP contribution in [-0.2, 0) is 9.09 Å². The van der Waals surface area contributed by atoms with Gasteiger partial charge in [-0.15, -0.1) is 11.6 Å². The van der Waals surface area contributed by atoms with Crippen molar-refractivity contribution in [1.82, 2.24) is 0 Å². The smallest absolute Gasteiger partial charge is 0.303 e. The second-order valence-electron chi connectivity index (χ2n) is 10.9. The third-order valence-electron chi connectivity index (χ3n) is 7.29. The van der Waals surface area contributed by atoms with Gasteiger partial charge in [0.1, 0.15) is 0 Å². The van der Waals surface area contributed by atoms with Crippen LogP contribution in [0, 0.1) is 0 Å². The average molecular weight is 553 g/mol. The fourth-order valence-corrected chi connectivity index (χ4v) is 5.53. The van der Waals surface area contributed by atoms with Crippen molar-refractivity contribution in [1.29, 1.82) is 0 Å². The summed E-state index contributed by atoms with van der Waals surface area (Å²) in [5.41, 5.74) is 0. The maximum atomic E-state index is 10.6. The standard InChI is InChI=1S/C30H62ClO4P/c31-29-27-25-23-21-19-17-15-13-11-9-7-5-3-1-2-4-6-8-10-12-14-16-18-20-22-24-26-28-30-35-36(32,33)34/h1-30H2,(H2,32,33,34). The van der Waals surface area contributed by atoms with Gasteiger partial charge in [0, 0.05) is 5.88 Å². The van der Waals surface area contributed by atoms with Crippen LogP contribution >= 0.6 is 19.4 Å². The molecule has 0 aromatic heterocycles. The number of phosphoric ester groups is 1. The molecule has 0 heterocycles. The number of unbranched alkanes of at least 4 members (excludes halogenated alkanes) is 27. The molecule has 0 saturated heterocycles. The number of alkyl halides is 1. The van der Waals surface area contributed by atoms with E-state index in [2.05, 4.69) is 4.52 Å². The summed E-state index contributed by atoms with van der Waals surface area (Å²) in [6.07, 6.45) is 37.7. The molecule has 0 radical (unpaired) electrons. The first kappa shape index (κ1) is 36.4. The zero-order valence-electron chi connectivity index (χ0n) is 23.7. The lowest BCUT2D eigenvalue weighted by Gasteiger charge is -2.05. The molecule has 0 aromatic carbocycles. The molecule has 0 aliphatic carbocycles. The zero-order valence-corrected chi connectivity index (χ0v) is 25.4. The maximum Gasteiger partial charge on any atom is 0.469 e.